The topological polar surface area (TPSA) is 107 Å². The van der Waals surface area contributed by atoms with E-state index in [1.165, 1.54) is 18.7 Å². The van der Waals surface area contributed by atoms with Crippen LogP contribution in [-0.2, 0) is 4.79 Å². The number of carbonyl (C=O) groups is 1. The van der Waals surface area contributed by atoms with E-state index in [9.17, 15) is 9.90 Å². The van der Waals surface area contributed by atoms with Crippen LogP contribution in [0.4, 0.5) is 0 Å². The third-order valence-electron chi connectivity index (χ3n) is 6.79. The second-order valence-corrected chi connectivity index (χ2v) is 8.99. The first-order valence-corrected chi connectivity index (χ1v) is 10.9. The van der Waals surface area contributed by atoms with E-state index in [4.69, 9.17) is 10.8 Å². The van der Waals surface area contributed by atoms with Crippen LogP contribution in [0.15, 0.2) is 4.99 Å². The van der Waals surface area contributed by atoms with Crippen LogP contribution in [0.3, 0.4) is 0 Å². The Labute approximate surface area is 174 Å². The second kappa shape index (κ2) is 9.13. The third-order valence-corrected chi connectivity index (χ3v) is 6.79. The van der Waals surface area contributed by atoms with Gasteiger partial charge in [-0.15, -0.1) is 0 Å². The summed E-state index contributed by atoms with van der Waals surface area (Å²) < 4.78 is 0. The quantitative estimate of drug-likeness (QED) is 0.482. The monoisotopic (exact) mass is 404 g/mol. The van der Waals surface area contributed by atoms with Crippen molar-refractivity contribution >= 4 is 23.5 Å². The average Bonchev–Trinajstić information content (AvgIpc) is 3.39. The highest BCUT2D eigenvalue weighted by Crippen LogP contribution is 2.31. The number of likely N-dealkylation sites (tertiary alicyclic amines) is 3. The van der Waals surface area contributed by atoms with E-state index in [0.717, 1.165) is 32.5 Å². The summed E-state index contributed by atoms with van der Waals surface area (Å²) in [6.07, 6.45) is 5.66. The Morgan fingerprint density at radius 2 is 1.69 bits per heavy atom. The molecule has 0 bridgehead atoms. The van der Waals surface area contributed by atoms with Gasteiger partial charge in [-0.25, -0.2) is 4.79 Å². The Balaban J connectivity index is 1.55. The Morgan fingerprint density at radius 3 is 2.24 bits per heavy atom. The van der Waals surface area contributed by atoms with Gasteiger partial charge < -0.3 is 19.8 Å². The van der Waals surface area contributed by atoms with E-state index >= 15 is 0 Å². The summed E-state index contributed by atoms with van der Waals surface area (Å²) in [5.41, 5.74) is 0. The standard InChI is InChI=1S/C21H36N6O2/c1-14-8-16(11-20(24-3)25-6-4-5-7-25)12-26(14)19(23)10-17-9-18(21(28)29)27(13-17)15(2)22/h14,16-18,22-23H,4-13H2,1-3H3,(H,28,29)/b22-15?,23-19?,24-20-. The molecule has 162 valence electrons. The Morgan fingerprint density at radius 1 is 1.07 bits per heavy atom. The zero-order chi connectivity index (χ0) is 21.1. The minimum Gasteiger partial charge on any atom is -0.480 e. The van der Waals surface area contributed by atoms with Gasteiger partial charge in [-0.3, -0.25) is 15.8 Å². The fraction of sp³-hybridized carbons (Fsp3) is 0.810. The average molecular weight is 405 g/mol. The molecule has 0 aliphatic carbocycles. The Hall–Kier alpha value is -2.12. The molecular weight excluding hydrogens is 368 g/mol. The maximum absolute atomic E-state index is 11.5. The van der Waals surface area contributed by atoms with Crippen LogP contribution < -0.4 is 0 Å². The number of amidine groups is 3. The van der Waals surface area contributed by atoms with Crippen LogP contribution in [0, 0.1) is 22.7 Å². The molecule has 3 aliphatic heterocycles. The fourth-order valence-corrected chi connectivity index (χ4v) is 5.33. The molecule has 3 aliphatic rings. The molecule has 0 aromatic carbocycles. The van der Waals surface area contributed by atoms with Crippen molar-refractivity contribution in [3.05, 3.63) is 0 Å². The molecule has 3 saturated heterocycles. The van der Waals surface area contributed by atoms with E-state index in [2.05, 4.69) is 21.7 Å². The van der Waals surface area contributed by atoms with Crippen molar-refractivity contribution in [1.82, 2.24) is 14.7 Å². The zero-order valence-corrected chi connectivity index (χ0v) is 18.0. The highest BCUT2D eigenvalue weighted by Gasteiger charge is 2.39. The van der Waals surface area contributed by atoms with Gasteiger partial charge in [-0.1, -0.05) is 0 Å². The molecule has 29 heavy (non-hydrogen) atoms. The molecule has 0 aromatic heterocycles. The van der Waals surface area contributed by atoms with Crippen LogP contribution in [0.1, 0.15) is 52.4 Å². The van der Waals surface area contributed by atoms with Gasteiger partial charge in [0.05, 0.1) is 17.5 Å². The summed E-state index contributed by atoms with van der Waals surface area (Å²) in [5.74, 6) is 1.90. The van der Waals surface area contributed by atoms with Crippen molar-refractivity contribution < 1.29 is 9.90 Å². The highest BCUT2D eigenvalue weighted by molar-refractivity contribution is 5.85. The van der Waals surface area contributed by atoms with Crippen molar-refractivity contribution in [1.29, 1.82) is 10.8 Å². The van der Waals surface area contributed by atoms with Gasteiger partial charge in [0.15, 0.2) is 0 Å². The summed E-state index contributed by atoms with van der Waals surface area (Å²) in [6, 6.07) is -0.292. The number of hydrogen-bond acceptors (Lipinski definition) is 4. The van der Waals surface area contributed by atoms with Crippen LogP contribution in [0.5, 0.6) is 0 Å². The molecule has 3 fully saturated rings. The predicted molar refractivity (Wildman–Crippen MR) is 115 cm³/mol. The first kappa shape index (κ1) is 21.6. The third kappa shape index (κ3) is 4.90. The number of aliphatic imine (C=N–C) groups is 1. The van der Waals surface area contributed by atoms with Crippen molar-refractivity contribution in [3.8, 4) is 0 Å². The molecule has 3 rings (SSSR count). The lowest BCUT2D eigenvalue weighted by Gasteiger charge is -2.26. The normalized spacial score (nSPS) is 30.3. The summed E-state index contributed by atoms with van der Waals surface area (Å²) in [7, 11) is 1.89. The van der Waals surface area contributed by atoms with E-state index < -0.39 is 12.0 Å². The van der Waals surface area contributed by atoms with Crippen molar-refractivity contribution in [2.75, 3.05) is 33.2 Å². The van der Waals surface area contributed by atoms with Gasteiger partial charge in [0, 0.05) is 52.1 Å². The van der Waals surface area contributed by atoms with E-state index in [0.29, 0.717) is 43.0 Å². The molecule has 3 N–H and O–H groups in total. The van der Waals surface area contributed by atoms with Gasteiger partial charge in [0.1, 0.15) is 6.04 Å². The van der Waals surface area contributed by atoms with Crippen LogP contribution in [-0.4, -0.2) is 88.6 Å². The Bertz CT molecular complexity index is 650. The van der Waals surface area contributed by atoms with Crippen LogP contribution in [0.2, 0.25) is 0 Å². The largest absolute Gasteiger partial charge is 0.480 e. The van der Waals surface area contributed by atoms with Gasteiger partial charge >= 0.3 is 5.97 Å². The summed E-state index contributed by atoms with van der Waals surface area (Å²) in [5, 5.41) is 26.0. The lowest BCUT2D eigenvalue weighted by molar-refractivity contribution is -0.140. The minimum atomic E-state index is -0.867. The van der Waals surface area contributed by atoms with E-state index in [1.54, 1.807) is 11.8 Å². The molecule has 0 radical (unpaired) electrons. The van der Waals surface area contributed by atoms with Crippen molar-refractivity contribution in [2.24, 2.45) is 16.8 Å². The molecule has 3 heterocycles. The molecule has 0 spiro atoms. The smallest absolute Gasteiger partial charge is 0.326 e. The number of nitrogens with zero attached hydrogens (tertiary/aromatic N) is 4. The number of rotatable bonds is 5. The fourth-order valence-electron chi connectivity index (χ4n) is 5.33. The molecule has 0 amide bonds. The molecule has 4 unspecified atom stereocenters. The second-order valence-electron chi connectivity index (χ2n) is 8.99. The van der Waals surface area contributed by atoms with Crippen molar-refractivity contribution in [3.63, 3.8) is 0 Å². The first-order valence-electron chi connectivity index (χ1n) is 10.9. The first-order chi connectivity index (χ1) is 13.8. The van der Waals surface area contributed by atoms with Gasteiger partial charge in [0.2, 0.25) is 0 Å². The summed E-state index contributed by atoms with van der Waals surface area (Å²) >= 11 is 0. The lowest BCUT2D eigenvalue weighted by Crippen LogP contribution is -2.38. The van der Waals surface area contributed by atoms with Crippen LogP contribution in [0.25, 0.3) is 0 Å². The number of carboxylic acids is 1. The van der Waals surface area contributed by atoms with Gasteiger partial charge in [-0.2, -0.15) is 0 Å². The SMILES string of the molecule is C/N=C(/CC1CC(C)N(C(=N)CC2CC(C(=O)O)N(C(C)=N)C2)C1)N1CCCC1. The zero-order valence-electron chi connectivity index (χ0n) is 18.0. The summed E-state index contributed by atoms with van der Waals surface area (Å²) in [4.78, 5) is 22.4. The lowest BCUT2D eigenvalue weighted by atomic mass is 10.0. The maximum Gasteiger partial charge on any atom is 0.326 e. The molecule has 0 aromatic rings. The van der Waals surface area contributed by atoms with E-state index in [-0.39, 0.29) is 5.92 Å². The number of aliphatic carboxylic acids is 1. The number of carboxylic acid groups (broad SMARTS) is 1. The maximum atomic E-state index is 11.5. The molecule has 4 atom stereocenters. The van der Waals surface area contributed by atoms with Crippen LogP contribution >= 0.6 is 0 Å². The molecule has 0 saturated carbocycles. The Kier molecular flexibility index (Phi) is 6.80. The van der Waals surface area contributed by atoms with E-state index in [1.807, 2.05) is 7.05 Å². The van der Waals surface area contributed by atoms with Gasteiger partial charge in [0.25, 0.3) is 0 Å². The minimum absolute atomic E-state index is 0.118. The number of hydrogen-bond donors (Lipinski definition) is 3. The van der Waals surface area contributed by atoms with Gasteiger partial charge in [-0.05, 0) is 51.4 Å². The molecule has 8 nitrogen and oxygen atoms in total. The highest BCUT2D eigenvalue weighted by atomic mass is 16.4. The predicted octanol–water partition coefficient (Wildman–Crippen LogP) is 2.35. The number of nitrogens with one attached hydrogen (secondary N) is 2. The molecule has 8 heteroatoms. The molecular formula is C21H36N6O2. The van der Waals surface area contributed by atoms with Crippen molar-refractivity contribution in [2.45, 2.75) is 64.5 Å². The summed E-state index contributed by atoms with van der Waals surface area (Å²) in [6.45, 7) is 7.50.